The molecule has 0 aliphatic heterocycles. The molecule has 4 heteroatoms. The lowest BCUT2D eigenvalue weighted by atomic mass is 9.93. The highest BCUT2D eigenvalue weighted by Crippen LogP contribution is 2.46. The summed E-state index contributed by atoms with van der Waals surface area (Å²) in [4.78, 5) is 7.47. The lowest BCUT2D eigenvalue weighted by Crippen LogP contribution is -2.10. The summed E-state index contributed by atoms with van der Waals surface area (Å²) < 4.78 is 7.74. The highest BCUT2D eigenvalue weighted by molar-refractivity contribution is 7.21. The first-order valence-electron chi connectivity index (χ1n) is 17.1. The van der Waals surface area contributed by atoms with E-state index in [0.717, 1.165) is 59.8 Å². The number of fused-ring (bicyclic) bond motifs is 5. The minimum atomic E-state index is 0.846. The first-order chi connectivity index (χ1) is 25.3. The summed E-state index contributed by atoms with van der Waals surface area (Å²) in [6.07, 6.45) is 0. The van der Waals surface area contributed by atoms with Crippen molar-refractivity contribution in [3.8, 4) is 32.8 Å². The third-order valence-corrected chi connectivity index (χ3v) is 10.7. The van der Waals surface area contributed by atoms with E-state index in [1.54, 1.807) is 11.3 Å². The van der Waals surface area contributed by atoms with Gasteiger partial charge in [-0.2, -0.15) is 0 Å². The van der Waals surface area contributed by atoms with Crippen molar-refractivity contribution >= 4 is 71.3 Å². The summed E-state index contributed by atoms with van der Waals surface area (Å²) >= 11 is 1.70. The van der Waals surface area contributed by atoms with E-state index in [9.17, 15) is 0 Å². The Balaban J connectivity index is 1.23. The summed E-state index contributed by atoms with van der Waals surface area (Å²) in [6.45, 7) is 0. The average Bonchev–Trinajstić information content (AvgIpc) is 3.79. The van der Waals surface area contributed by atoms with Crippen LogP contribution in [0.25, 0.3) is 75.8 Å². The van der Waals surface area contributed by atoms with Gasteiger partial charge in [-0.25, -0.2) is 4.98 Å². The summed E-state index contributed by atoms with van der Waals surface area (Å²) in [5.74, 6) is 0. The molecule has 2 heterocycles. The third kappa shape index (κ3) is 5.16. The zero-order chi connectivity index (χ0) is 33.7. The largest absolute Gasteiger partial charge is 0.456 e. The number of benzene rings is 8. The molecule has 0 saturated carbocycles. The zero-order valence-corrected chi connectivity index (χ0v) is 28.3. The van der Waals surface area contributed by atoms with Gasteiger partial charge in [0, 0.05) is 28.4 Å². The predicted octanol–water partition coefficient (Wildman–Crippen LogP) is 13.8. The number of aromatic nitrogens is 1. The van der Waals surface area contributed by atoms with Crippen LogP contribution in [0.4, 0.5) is 17.1 Å². The molecule has 240 valence electrons. The van der Waals surface area contributed by atoms with Crippen LogP contribution < -0.4 is 4.90 Å². The molecule has 3 nitrogen and oxygen atoms in total. The Hall–Kier alpha value is -6.49. The number of hydrogen-bond donors (Lipinski definition) is 0. The molecular formula is C47H30N2OS. The summed E-state index contributed by atoms with van der Waals surface area (Å²) in [5.41, 5.74) is 11.7. The van der Waals surface area contributed by atoms with Crippen LogP contribution in [0.5, 0.6) is 0 Å². The molecule has 51 heavy (non-hydrogen) atoms. The van der Waals surface area contributed by atoms with Crippen LogP contribution in [0.2, 0.25) is 0 Å². The van der Waals surface area contributed by atoms with Gasteiger partial charge in [-0.3, -0.25) is 0 Å². The monoisotopic (exact) mass is 670 g/mol. The third-order valence-electron chi connectivity index (χ3n) is 9.67. The fourth-order valence-corrected chi connectivity index (χ4v) is 8.24. The Morgan fingerprint density at radius 1 is 0.471 bits per heavy atom. The van der Waals surface area contributed by atoms with Gasteiger partial charge >= 0.3 is 0 Å². The molecule has 0 unspecified atom stereocenters. The first-order valence-corrected chi connectivity index (χ1v) is 17.9. The van der Waals surface area contributed by atoms with Crippen LogP contribution in [-0.4, -0.2) is 4.98 Å². The first kappa shape index (κ1) is 29.4. The molecule has 0 atom stereocenters. The van der Waals surface area contributed by atoms with Crippen LogP contribution in [-0.2, 0) is 0 Å². The molecule has 0 aliphatic rings. The van der Waals surface area contributed by atoms with Crippen molar-refractivity contribution in [3.05, 3.63) is 182 Å². The maximum absolute atomic E-state index is 6.63. The van der Waals surface area contributed by atoms with E-state index >= 15 is 0 Å². The standard InChI is InChI=1S/C47H30N2OS/c1-4-14-32(15-5-1)38-26-25-37(28-39(38)33-16-6-2-7-17-33)49(36-24-23-31-13-10-11-20-35(31)27-36)42-21-12-22-43-46(42)40-29-41-45(30-44(40)50-43)51-47(48-41)34-18-8-3-9-19-34/h1-30H. The molecule has 2 aromatic heterocycles. The minimum absolute atomic E-state index is 0.846. The molecule has 0 saturated heterocycles. The van der Waals surface area contributed by atoms with E-state index in [0.29, 0.717) is 0 Å². The molecule has 0 N–H and O–H groups in total. The molecule has 0 bridgehead atoms. The second kappa shape index (κ2) is 12.1. The predicted molar refractivity (Wildman–Crippen MR) is 215 cm³/mol. The molecule has 0 radical (unpaired) electrons. The summed E-state index contributed by atoms with van der Waals surface area (Å²) in [6, 6.07) is 64.6. The average molecular weight is 671 g/mol. The lowest BCUT2D eigenvalue weighted by molar-refractivity contribution is 0.669. The van der Waals surface area contributed by atoms with Crippen LogP contribution >= 0.6 is 11.3 Å². The van der Waals surface area contributed by atoms with Gasteiger partial charge in [-0.15, -0.1) is 11.3 Å². The van der Waals surface area contributed by atoms with E-state index in [4.69, 9.17) is 9.40 Å². The van der Waals surface area contributed by atoms with Gasteiger partial charge in [0.05, 0.1) is 21.3 Å². The van der Waals surface area contributed by atoms with Gasteiger partial charge in [0.25, 0.3) is 0 Å². The number of anilines is 3. The van der Waals surface area contributed by atoms with Crippen LogP contribution in [0.1, 0.15) is 0 Å². The van der Waals surface area contributed by atoms with Crippen molar-refractivity contribution in [2.45, 2.75) is 0 Å². The molecule has 8 aromatic carbocycles. The lowest BCUT2D eigenvalue weighted by Gasteiger charge is -2.28. The Labute approximate surface area is 299 Å². The maximum Gasteiger partial charge on any atom is 0.137 e. The van der Waals surface area contributed by atoms with Gasteiger partial charge < -0.3 is 9.32 Å². The van der Waals surface area contributed by atoms with Crippen LogP contribution in [0.3, 0.4) is 0 Å². The minimum Gasteiger partial charge on any atom is -0.456 e. The SMILES string of the molecule is c1ccc(-c2nc3cc4c(cc3s2)oc2cccc(N(c3ccc(-c5ccccc5)c(-c5ccccc5)c3)c3ccc5ccccc5c3)c24)cc1. The molecule has 10 aromatic rings. The molecular weight excluding hydrogens is 641 g/mol. The quantitative estimate of drug-likeness (QED) is 0.176. The van der Waals surface area contributed by atoms with E-state index in [-0.39, 0.29) is 0 Å². The van der Waals surface area contributed by atoms with Gasteiger partial charge in [0.2, 0.25) is 0 Å². The second-order valence-electron chi connectivity index (χ2n) is 12.8. The number of thiazole rings is 1. The number of furan rings is 1. The molecule has 0 amide bonds. The normalized spacial score (nSPS) is 11.5. The van der Waals surface area contributed by atoms with Crippen LogP contribution in [0, 0.1) is 0 Å². The van der Waals surface area contributed by atoms with Gasteiger partial charge in [0.1, 0.15) is 16.2 Å². The number of hydrogen-bond acceptors (Lipinski definition) is 4. The highest BCUT2D eigenvalue weighted by Gasteiger charge is 2.22. The molecule has 0 spiro atoms. The van der Waals surface area contributed by atoms with Crippen molar-refractivity contribution in [1.29, 1.82) is 0 Å². The van der Waals surface area contributed by atoms with Crippen molar-refractivity contribution in [3.63, 3.8) is 0 Å². The Kier molecular flexibility index (Phi) is 7.00. The maximum atomic E-state index is 6.63. The second-order valence-corrected chi connectivity index (χ2v) is 13.8. The topological polar surface area (TPSA) is 29.3 Å². The van der Waals surface area contributed by atoms with Crippen molar-refractivity contribution in [2.24, 2.45) is 0 Å². The van der Waals surface area contributed by atoms with Crippen molar-refractivity contribution < 1.29 is 4.42 Å². The smallest absolute Gasteiger partial charge is 0.137 e. The van der Waals surface area contributed by atoms with E-state index in [1.165, 1.54) is 33.0 Å². The van der Waals surface area contributed by atoms with E-state index < -0.39 is 0 Å². The van der Waals surface area contributed by atoms with Crippen molar-refractivity contribution in [2.75, 3.05) is 4.90 Å². The Morgan fingerprint density at radius 2 is 1.12 bits per heavy atom. The fourth-order valence-electron chi connectivity index (χ4n) is 7.26. The molecule has 0 fully saturated rings. The number of nitrogens with zero attached hydrogens (tertiary/aromatic N) is 2. The zero-order valence-electron chi connectivity index (χ0n) is 27.5. The molecule has 0 aliphatic carbocycles. The molecule has 10 rings (SSSR count). The van der Waals surface area contributed by atoms with Gasteiger partial charge in [-0.05, 0) is 75.5 Å². The highest BCUT2D eigenvalue weighted by atomic mass is 32.1. The fraction of sp³-hybridized carbons (Fsp3) is 0. The number of rotatable bonds is 6. The summed E-state index contributed by atoms with van der Waals surface area (Å²) in [5, 5.41) is 5.51. The Bertz CT molecular complexity index is 2860. The van der Waals surface area contributed by atoms with Gasteiger partial charge in [0.15, 0.2) is 0 Å². The van der Waals surface area contributed by atoms with E-state index in [1.807, 2.05) is 6.07 Å². The Morgan fingerprint density at radius 3 is 1.88 bits per heavy atom. The van der Waals surface area contributed by atoms with Gasteiger partial charge in [-0.1, -0.05) is 133 Å². The van der Waals surface area contributed by atoms with Crippen LogP contribution in [0.15, 0.2) is 186 Å². The summed E-state index contributed by atoms with van der Waals surface area (Å²) in [7, 11) is 0. The van der Waals surface area contributed by atoms with E-state index in [2.05, 4.69) is 181 Å². The van der Waals surface area contributed by atoms with Crippen molar-refractivity contribution in [1.82, 2.24) is 4.98 Å².